The molecule has 0 aromatic heterocycles. The van der Waals surface area contributed by atoms with Crippen molar-refractivity contribution in [3.8, 4) is 0 Å². The summed E-state index contributed by atoms with van der Waals surface area (Å²) in [5.41, 5.74) is 4.89. The Kier molecular flexibility index (Phi) is 3.34. The lowest BCUT2D eigenvalue weighted by Crippen LogP contribution is -2.37. The molecule has 1 saturated carbocycles. The summed E-state index contributed by atoms with van der Waals surface area (Å²) in [6.45, 7) is 5.08. The van der Waals surface area contributed by atoms with E-state index in [2.05, 4.69) is 4.74 Å². The van der Waals surface area contributed by atoms with Gasteiger partial charge in [0.1, 0.15) is 11.6 Å². The normalized spacial score (nSPS) is 18.1. The quantitative estimate of drug-likeness (QED) is 0.553. The summed E-state index contributed by atoms with van der Waals surface area (Å²) in [5.74, 6) is -0.535. The molecular weight excluding hydrogens is 198 g/mol. The van der Waals surface area contributed by atoms with Crippen LogP contribution in [0.25, 0.3) is 0 Å². The van der Waals surface area contributed by atoms with Gasteiger partial charge in [-0.25, -0.2) is 9.59 Å². The highest BCUT2D eigenvalue weighted by Gasteiger charge is 2.36. The number of hydrogen-bond acceptors (Lipinski definition) is 5. The summed E-state index contributed by atoms with van der Waals surface area (Å²) in [4.78, 5) is 22.4. The minimum Gasteiger partial charge on any atom is -0.428 e. The smallest absolute Gasteiger partial charge is 0.428 e. The maximum atomic E-state index is 11.3. The Morgan fingerprint density at radius 1 is 1.33 bits per heavy atom. The van der Waals surface area contributed by atoms with E-state index in [0.29, 0.717) is 0 Å². The lowest BCUT2D eigenvalue weighted by Gasteiger charge is -2.18. The van der Waals surface area contributed by atoms with Crippen LogP contribution in [0.2, 0.25) is 0 Å². The molecule has 1 unspecified atom stereocenters. The summed E-state index contributed by atoms with van der Waals surface area (Å²) in [7, 11) is 0. The zero-order valence-electron chi connectivity index (χ0n) is 9.28. The Morgan fingerprint density at radius 2 is 1.87 bits per heavy atom. The van der Waals surface area contributed by atoms with E-state index in [4.69, 9.17) is 10.5 Å². The SMILES string of the molecule is CC(C)(C)OC(=O)OC(=O)C(N)C1CC1. The minimum absolute atomic E-state index is 0.167. The molecule has 1 rings (SSSR count). The van der Waals surface area contributed by atoms with E-state index >= 15 is 0 Å². The second kappa shape index (κ2) is 4.18. The number of rotatable bonds is 2. The molecule has 5 nitrogen and oxygen atoms in total. The van der Waals surface area contributed by atoms with Gasteiger partial charge >= 0.3 is 12.1 Å². The molecule has 1 aliphatic carbocycles. The second-order valence-electron chi connectivity index (χ2n) is 4.75. The highest BCUT2D eigenvalue weighted by atomic mass is 16.7. The van der Waals surface area contributed by atoms with Crippen LogP contribution in [0.1, 0.15) is 33.6 Å². The lowest BCUT2D eigenvalue weighted by molar-refractivity contribution is -0.143. The molecule has 1 atom stereocenters. The van der Waals surface area contributed by atoms with E-state index in [1.165, 1.54) is 0 Å². The van der Waals surface area contributed by atoms with Gasteiger partial charge < -0.3 is 15.2 Å². The molecule has 0 radical (unpaired) electrons. The number of esters is 1. The number of carbonyl (C=O) groups is 2. The molecule has 1 fully saturated rings. The van der Waals surface area contributed by atoms with Crippen LogP contribution < -0.4 is 5.73 Å². The van der Waals surface area contributed by atoms with Crippen molar-refractivity contribution in [1.29, 1.82) is 0 Å². The number of nitrogens with two attached hydrogens (primary N) is 1. The average Bonchev–Trinajstić information content (AvgIpc) is 2.80. The molecule has 0 saturated heterocycles. The van der Waals surface area contributed by atoms with Crippen molar-refractivity contribution < 1.29 is 19.1 Å². The Morgan fingerprint density at radius 3 is 2.27 bits per heavy atom. The van der Waals surface area contributed by atoms with Gasteiger partial charge in [0.15, 0.2) is 0 Å². The maximum absolute atomic E-state index is 11.3. The third-order valence-electron chi connectivity index (χ3n) is 1.98. The van der Waals surface area contributed by atoms with Crippen LogP contribution in [0.4, 0.5) is 4.79 Å². The predicted octanol–water partition coefficient (Wildman–Crippen LogP) is 1.20. The lowest BCUT2D eigenvalue weighted by atomic mass is 10.2. The predicted molar refractivity (Wildman–Crippen MR) is 53.0 cm³/mol. The van der Waals surface area contributed by atoms with Gasteiger partial charge in [-0.05, 0) is 39.5 Å². The average molecular weight is 215 g/mol. The summed E-state index contributed by atoms with van der Waals surface area (Å²) >= 11 is 0. The van der Waals surface area contributed by atoms with Crippen molar-refractivity contribution in [2.45, 2.75) is 45.3 Å². The second-order valence-corrected chi connectivity index (χ2v) is 4.75. The molecular formula is C10H17NO4. The fourth-order valence-corrected chi connectivity index (χ4v) is 1.07. The number of hydrogen-bond donors (Lipinski definition) is 1. The first-order valence-electron chi connectivity index (χ1n) is 5.00. The van der Waals surface area contributed by atoms with Crippen LogP contribution in [0.5, 0.6) is 0 Å². The number of ether oxygens (including phenoxy) is 2. The topological polar surface area (TPSA) is 78.6 Å². The van der Waals surface area contributed by atoms with Crippen LogP contribution in [0.3, 0.4) is 0 Å². The van der Waals surface area contributed by atoms with Crippen molar-refractivity contribution in [3.05, 3.63) is 0 Å². The first kappa shape index (κ1) is 12.0. The van der Waals surface area contributed by atoms with Crippen LogP contribution in [-0.2, 0) is 14.3 Å². The molecule has 86 valence electrons. The van der Waals surface area contributed by atoms with Gasteiger partial charge in [0, 0.05) is 0 Å². The molecule has 0 spiro atoms. The van der Waals surface area contributed by atoms with Crippen LogP contribution >= 0.6 is 0 Å². The third kappa shape index (κ3) is 4.29. The van der Waals surface area contributed by atoms with Gasteiger partial charge in [-0.3, -0.25) is 0 Å². The fraction of sp³-hybridized carbons (Fsp3) is 0.800. The fourth-order valence-electron chi connectivity index (χ4n) is 1.07. The van der Waals surface area contributed by atoms with Crippen LogP contribution in [0, 0.1) is 5.92 Å². The highest BCUT2D eigenvalue weighted by Crippen LogP contribution is 2.32. The summed E-state index contributed by atoms with van der Waals surface area (Å²) in [6.07, 6.45) is 0.860. The minimum atomic E-state index is -0.983. The van der Waals surface area contributed by atoms with E-state index < -0.39 is 23.8 Å². The van der Waals surface area contributed by atoms with E-state index in [9.17, 15) is 9.59 Å². The molecule has 0 amide bonds. The zero-order chi connectivity index (χ0) is 11.6. The summed E-state index contributed by atoms with van der Waals surface area (Å²) < 4.78 is 9.29. The van der Waals surface area contributed by atoms with Gasteiger partial charge in [-0.15, -0.1) is 0 Å². The van der Waals surface area contributed by atoms with E-state index in [-0.39, 0.29) is 5.92 Å². The van der Waals surface area contributed by atoms with Crippen molar-refractivity contribution in [3.63, 3.8) is 0 Å². The van der Waals surface area contributed by atoms with Gasteiger partial charge in [-0.2, -0.15) is 0 Å². The Bertz CT molecular complexity index is 265. The Hall–Kier alpha value is -1.10. The molecule has 0 aromatic rings. The molecule has 0 bridgehead atoms. The first-order valence-corrected chi connectivity index (χ1v) is 5.00. The van der Waals surface area contributed by atoms with Crippen LogP contribution in [0.15, 0.2) is 0 Å². The number of carbonyl (C=O) groups excluding carboxylic acids is 2. The van der Waals surface area contributed by atoms with Crippen molar-refractivity contribution >= 4 is 12.1 Å². The molecule has 1 aliphatic rings. The van der Waals surface area contributed by atoms with Crippen molar-refractivity contribution in [2.24, 2.45) is 11.7 Å². The van der Waals surface area contributed by atoms with Gasteiger partial charge in [0.05, 0.1) is 0 Å². The maximum Gasteiger partial charge on any atom is 0.516 e. The Balaban J connectivity index is 2.34. The van der Waals surface area contributed by atoms with Gasteiger partial charge in [-0.1, -0.05) is 0 Å². The monoisotopic (exact) mass is 215 g/mol. The third-order valence-corrected chi connectivity index (χ3v) is 1.98. The standard InChI is InChI=1S/C10H17NO4/c1-10(2,3)15-9(13)14-8(12)7(11)6-4-5-6/h6-7H,4-5,11H2,1-3H3. The molecule has 0 heterocycles. The largest absolute Gasteiger partial charge is 0.516 e. The molecule has 5 heteroatoms. The van der Waals surface area contributed by atoms with Gasteiger partial charge in [0.2, 0.25) is 0 Å². The summed E-state index contributed by atoms with van der Waals surface area (Å²) in [6, 6.07) is -0.697. The first-order chi connectivity index (χ1) is 6.79. The zero-order valence-corrected chi connectivity index (χ0v) is 9.28. The van der Waals surface area contributed by atoms with Gasteiger partial charge in [0.25, 0.3) is 0 Å². The molecule has 2 N–H and O–H groups in total. The van der Waals surface area contributed by atoms with E-state index in [1.807, 2.05) is 0 Å². The van der Waals surface area contributed by atoms with E-state index in [0.717, 1.165) is 12.8 Å². The molecule has 0 aliphatic heterocycles. The van der Waals surface area contributed by atoms with E-state index in [1.54, 1.807) is 20.8 Å². The molecule has 15 heavy (non-hydrogen) atoms. The Labute approximate surface area is 88.9 Å². The summed E-state index contributed by atoms with van der Waals surface area (Å²) in [5, 5.41) is 0. The van der Waals surface area contributed by atoms with Crippen molar-refractivity contribution in [2.75, 3.05) is 0 Å². The van der Waals surface area contributed by atoms with Crippen LogP contribution in [-0.4, -0.2) is 23.8 Å². The molecule has 0 aromatic carbocycles. The van der Waals surface area contributed by atoms with Crippen molar-refractivity contribution in [1.82, 2.24) is 0 Å². The highest BCUT2D eigenvalue weighted by molar-refractivity contribution is 5.85.